The Labute approximate surface area is 95.2 Å². The predicted molar refractivity (Wildman–Crippen MR) is 60.7 cm³/mol. The molecule has 1 aliphatic heterocycles. The topological polar surface area (TPSA) is 61.0 Å². The predicted octanol–water partition coefficient (Wildman–Crippen LogP) is 0.368. The lowest BCUT2D eigenvalue weighted by Gasteiger charge is -2.18. The highest BCUT2D eigenvalue weighted by molar-refractivity contribution is 5.76. The van der Waals surface area contributed by atoms with Crippen molar-refractivity contribution >= 4 is 5.91 Å². The number of amides is 1. The molecule has 5 nitrogen and oxygen atoms in total. The van der Waals surface area contributed by atoms with Crippen molar-refractivity contribution in [2.24, 2.45) is 5.92 Å². The second kappa shape index (κ2) is 5.12. The summed E-state index contributed by atoms with van der Waals surface area (Å²) in [5.41, 5.74) is 1.04. The van der Waals surface area contributed by atoms with Gasteiger partial charge in [0, 0.05) is 31.8 Å². The molecule has 1 aromatic rings. The summed E-state index contributed by atoms with van der Waals surface area (Å²) in [5.74, 6) is 0.731. The van der Waals surface area contributed by atoms with Gasteiger partial charge in [-0.15, -0.1) is 0 Å². The number of aromatic amines is 1. The number of hydrogen-bond donors (Lipinski definition) is 2. The largest absolute Gasteiger partial charge is 0.341 e. The van der Waals surface area contributed by atoms with Crippen LogP contribution in [-0.4, -0.2) is 41.1 Å². The van der Waals surface area contributed by atoms with E-state index in [2.05, 4.69) is 15.5 Å². The first kappa shape index (κ1) is 11.1. The van der Waals surface area contributed by atoms with Crippen molar-refractivity contribution in [1.82, 2.24) is 20.4 Å². The number of carbonyl (C=O) groups excluding carboxylic acids is 1. The summed E-state index contributed by atoms with van der Waals surface area (Å²) in [6, 6.07) is 0. The number of carbonyl (C=O) groups is 1. The highest BCUT2D eigenvalue weighted by atomic mass is 16.2. The normalized spacial score (nSPS) is 19.9. The van der Waals surface area contributed by atoms with Crippen LogP contribution in [0.1, 0.15) is 18.4 Å². The third-order valence-corrected chi connectivity index (χ3v) is 3.03. The number of nitrogens with one attached hydrogen (secondary N) is 2. The average Bonchev–Trinajstić information content (AvgIpc) is 2.90. The molecule has 2 heterocycles. The zero-order valence-electron chi connectivity index (χ0n) is 9.57. The minimum atomic E-state index is 0.218. The van der Waals surface area contributed by atoms with Crippen LogP contribution < -0.4 is 5.32 Å². The first-order chi connectivity index (χ1) is 7.75. The first-order valence-electron chi connectivity index (χ1n) is 5.68. The Morgan fingerprint density at radius 2 is 2.56 bits per heavy atom. The van der Waals surface area contributed by atoms with Crippen molar-refractivity contribution in [3.05, 3.63) is 18.0 Å². The van der Waals surface area contributed by atoms with Gasteiger partial charge in [-0.1, -0.05) is 0 Å². The van der Waals surface area contributed by atoms with Gasteiger partial charge in [0.1, 0.15) is 0 Å². The van der Waals surface area contributed by atoms with E-state index < -0.39 is 0 Å². The van der Waals surface area contributed by atoms with Crippen LogP contribution >= 0.6 is 0 Å². The quantitative estimate of drug-likeness (QED) is 0.773. The Hall–Kier alpha value is -1.36. The number of nitrogens with zero attached hydrogens (tertiary/aromatic N) is 2. The molecule has 2 rings (SSSR count). The van der Waals surface area contributed by atoms with E-state index in [0.717, 1.165) is 25.1 Å². The molecule has 1 saturated heterocycles. The van der Waals surface area contributed by atoms with Crippen LogP contribution in [0.2, 0.25) is 0 Å². The lowest BCUT2D eigenvalue weighted by atomic mass is 10.0. The Bertz CT molecular complexity index is 330. The molecule has 0 saturated carbocycles. The van der Waals surface area contributed by atoms with Crippen LogP contribution in [0.15, 0.2) is 12.4 Å². The summed E-state index contributed by atoms with van der Waals surface area (Å²) in [7, 11) is 1.84. The van der Waals surface area contributed by atoms with Gasteiger partial charge in [-0.25, -0.2) is 0 Å². The monoisotopic (exact) mass is 222 g/mol. The summed E-state index contributed by atoms with van der Waals surface area (Å²) in [4.78, 5) is 13.7. The van der Waals surface area contributed by atoms with Gasteiger partial charge < -0.3 is 10.2 Å². The molecule has 1 atom stereocenters. The van der Waals surface area contributed by atoms with Crippen molar-refractivity contribution in [2.75, 3.05) is 20.1 Å². The van der Waals surface area contributed by atoms with Crippen LogP contribution in [0.3, 0.4) is 0 Å². The highest BCUT2D eigenvalue weighted by Crippen LogP contribution is 2.14. The van der Waals surface area contributed by atoms with Crippen LogP contribution in [0.5, 0.6) is 0 Å². The van der Waals surface area contributed by atoms with Gasteiger partial charge in [0.15, 0.2) is 0 Å². The second-order valence-electron chi connectivity index (χ2n) is 4.42. The maximum Gasteiger partial charge on any atom is 0.222 e. The summed E-state index contributed by atoms with van der Waals surface area (Å²) in [6.45, 7) is 2.66. The smallest absolute Gasteiger partial charge is 0.222 e. The molecule has 0 radical (unpaired) electrons. The second-order valence-corrected chi connectivity index (χ2v) is 4.42. The maximum atomic E-state index is 11.9. The average molecular weight is 222 g/mol. The first-order valence-corrected chi connectivity index (χ1v) is 5.68. The third-order valence-electron chi connectivity index (χ3n) is 3.03. The molecular formula is C11H18N4O. The molecule has 1 aromatic heterocycles. The molecular weight excluding hydrogens is 204 g/mol. The van der Waals surface area contributed by atoms with E-state index in [4.69, 9.17) is 0 Å². The van der Waals surface area contributed by atoms with E-state index >= 15 is 0 Å². The molecule has 0 spiro atoms. The van der Waals surface area contributed by atoms with Crippen LogP contribution in [-0.2, 0) is 11.3 Å². The Kier molecular flexibility index (Phi) is 3.56. The lowest BCUT2D eigenvalue weighted by Crippen LogP contribution is -2.28. The molecule has 16 heavy (non-hydrogen) atoms. The number of H-pyrrole nitrogens is 1. The minimum absolute atomic E-state index is 0.218. The van der Waals surface area contributed by atoms with E-state index in [1.54, 1.807) is 11.1 Å². The fourth-order valence-corrected chi connectivity index (χ4v) is 2.02. The fourth-order valence-electron chi connectivity index (χ4n) is 2.02. The summed E-state index contributed by atoms with van der Waals surface area (Å²) >= 11 is 0. The molecule has 1 amide bonds. The zero-order chi connectivity index (χ0) is 11.4. The Balaban J connectivity index is 1.79. The number of hydrogen-bond acceptors (Lipinski definition) is 3. The van der Waals surface area contributed by atoms with Crippen LogP contribution in [0.4, 0.5) is 0 Å². The van der Waals surface area contributed by atoms with E-state index in [-0.39, 0.29) is 5.91 Å². The van der Waals surface area contributed by atoms with Gasteiger partial charge in [-0.05, 0) is 25.4 Å². The molecule has 1 aliphatic rings. The van der Waals surface area contributed by atoms with E-state index in [1.165, 1.54) is 0 Å². The number of rotatable bonds is 4. The molecule has 0 aromatic carbocycles. The molecule has 0 aliphatic carbocycles. The van der Waals surface area contributed by atoms with E-state index in [9.17, 15) is 4.79 Å². The molecule has 1 unspecified atom stereocenters. The van der Waals surface area contributed by atoms with Gasteiger partial charge in [-0.2, -0.15) is 5.10 Å². The maximum absolute atomic E-state index is 11.9. The minimum Gasteiger partial charge on any atom is -0.341 e. The molecule has 88 valence electrons. The Morgan fingerprint density at radius 3 is 3.19 bits per heavy atom. The molecule has 1 fully saturated rings. The summed E-state index contributed by atoms with van der Waals surface area (Å²) < 4.78 is 0. The SMILES string of the molecule is CN(Cc1cn[nH]c1)C(=O)CC1CCNC1. The van der Waals surface area contributed by atoms with Gasteiger partial charge in [-0.3, -0.25) is 9.89 Å². The number of aromatic nitrogens is 2. The van der Waals surface area contributed by atoms with Gasteiger partial charge in [0.05, 0.1) is 6.20 Å². The molecule has 5 heteroatoms. The van der Waals surface area contributed by atoms with E-state index in [1.807, 2.05) is 13.2 Å². The van der Waals surface area contributed by atoms with Gasteiger partial charge >= 0.3 is 0 Å². The van der Waals surface area contributed by atoms with Crippen LogP contribution in [0, 0.1) is 5.92 Å². The zero-order valence-corrected chi connectivity index (χ0v) is 9.57. The van der Waals surface area contributed by atoms with Crippen molar-refractivity contribution in [2.45, 2.75) is 19.4 Å². The molecule has 2 N–H and O–H groups in total. The van der Waals surface area contributed by atoms with Crippen molar-refractivity contribution in [1.29, 1.82) is 0 Å². The lowest BCUT2D eigenvalue weighted by molar-refractivity contribution is -0.131. The molecule has 0 bridgehead atoms. The fraction of sp³-hybridized carbons (Fsp3) is 0.636. The Morgan fingerprint density at radius 1 is 1.69 bits per heavy atom. The van der Waals surface area contributed by atoms with Crippen molar-refractivity contribution in [3.63, 3.8) is 0 Å². The van der Waals surface area contributed by atoms with Gasteiger partial charge in [0.25, 0.3) is 0 Å². The summed E-state index contributed by atoms with van der Waals surface area (Å²) in [5, 5.41) is 9.89. The van der Waals surface area contributed by atoms with Crippen molar-refractivity contribution < 1.29 is 4.79 Å². The third kappa shape index (κ3) is 2.82. The van der Waals surface area contributed by atoms with Crippen LogP contribution in [0.25, 0.3) is 0 Å². The summed E-state index contributed by atoms with van der Waals surface area (Å²) in [6.07, 6.45) is 5.34. The standard InChI is InChI=1S/C11H18N4O/c1-15(8-10-6-13-14-7-10)11(16)4-9-2-3-12-5-9/h6-7,9,12H,2-5,8H2,1H3,(H,13,14). The van der Waals surface area contributed by atoms with Crippen molar-refractivity contribution in [3.8, 4) is 0 Å². The van der Waals surface area contributed by atoms with E-state index in [0.29, 0.717) is 18.9 Å². The van der Waals surface area contributed by atoms with Gasteiger partial charge in [0.2, 0.25) is 5.91 Å². The highest BCUT2D eigenvalue weighted by Gasteiger charge is 2.20.